The number of fused-ring (bicyclic) bond motifs is 4. The summed E-state index contributed by atoms with van der Waals surface area (Å²) in [5.41, 5.74) is 12.8. The van der Waals surface area contributed by atoms with E-state index in [9.17, 15) is 26.3 Å². The molecule has 0 atom stereocenters. The van der Waals surface area contributed by atoms with Crippen LogP contribution in [0.15, 0.2) is 194 Å². The third kappa shape index (κ3) is 22.3. The number of alkyl halides is 6. The summed E-state index contributed by atoms with van der Waals surface area (Å²) in [6.45, 7) is 35.8. The van der Waals surface area contributed by atoms with Crippen LogP contribution in [-0.4, -0.2) is 75.1 Å². The molecule has 124 heavy (non-hydrogen) atoms. The number of hydrogen-bond donors (Lipinski definition) is 0. The molecule has 0 spiro atoms. The van der Waals surface area contributed by atoms with Gasteiger partial charge in [0, 0.05) is 22.3 Å². The molecule has 0 fully saturated rings. The summed E-state index contributed by atoms with van der Waals surface area (Å²) >= 11 is 0. The molecule has 656 valence electrons. The second-order valence-electron chi connectivity index (χ2n) is 30.7. The van der Waals surface area contributed by atoms with E-state index < -0.39 is 62.9 Å². The van der Waals surface area contributed by atoms with Crippen molar-refractivity contribution in [2.45, 2.75) is 122 Å². The molecule has 0 saturated carbocycles. The largest absolute Gasteiger partial charge is 2.00 e. The number of halogens is 6. The minimum absolute atomic E-state index is 0. The van der Waals surface area contributed by atoms with E-state index in [-0.39, 0.29) is 79.0 Å². The van der Waals surface area contributed by atoms with Gasteiger partial charge in [0.15, 0.2) is 66.2 Å². The second kappa shape index (κ2) is 40.2. The zero-order valence-corrected chi connectivity index (χ0v) is 78.7. The maximum atomic E-state index is 10.7. The van der Waals surface area contributed by atoms with Crippen molar-refractivity contribution in [2.24, 2.45) is 0 Å². The molecule has 4 aliphatic rings. The summed E-state index contributed by atoms with van der Waals surface area (Å²) in [7, 11) is -16.4. The number of ether oxygens (including phenoxy) is 8. The topological polar surface area (TPSA) is 248 Å². The van der Waals surface area contributed by atoms with Crippen molar-refractivity contribution in [3.8, 4) is 68.2 Å². The Morgan fingerprint density at radius 3 is 0.476 bits per heavy atom. The number of aryl methyl sites for hydroxylation is 16. The van der Waals surface area contributed by atoms with Crippen LogP contribution in [0.5, 0.6) is 46.0 Å². The Kier molecular flexibility index (Phi) is 32.1. The fourth-order valence-electron chi connectivity index (χ4n) is 15.9. The van der Waals surface area contributed by atoms with Crippen LogP contribution in [0.2, 0.25) is 0 Å². The minimum Gasteiger partial charge on any atom is -0.870 e. The Hall–Kier alpha value is -8.60. The molecule has 0 saturated heterocycles. The van der Waals surface area contributed by atoms with Gasteiger partial charge in [-0.2, -0.15) is 26.3 Å². The van der Waals surface area contributed by atoms with Crippen LogP contribution in [0.25, 0.3) is 22.3 Å². The molecule has 0 bridgehead atoms. The van der Waals surface area contributed by atoms with Crippen LogP contribution in [0, 0.1) is 111 Å². The van der Waals surface area contributed by atoms with Gasteiger partial charge in [-0.15, -0.1) is 0 Å². The zero-order chi connectivity index (χ0) is 86.5. The van der Waals surface area contributed by atoms with E-state index in [1.807, 2.05) is 0 Å². The van der Waals surface area contributed by atoms with Crippen molar-refractivity contribution in [1.82, 2.24) is 0 Å². The zero-order valence-electron chi connectivity index (χ0n) is 70.4. The van der Waals surface area contributed by atoms with Gasteiger partial charge in [0.05, 0.1) is 0 Å². The molecule has 16 nitrogen and oxygen atoms in total. The molecular formula is C94H90F6O16P4Pd2S2. The SMILES string of the molecule is Cc1cc(C)cc(P(c2cc(C)cc(C)c2)c2ccc3c(c2-c2c(P(c4cc(C)cc(C)c4)c4cc(C)cc(C)c4)ccc4c2OCO4)OCO3)c1.Cc1cc(C)cc(P(c2cc(C)cc(C)c2)c2ccc3c(c2-c2c(P(c4cc(C)cc(C)c4)c4cc(C)cc(C)c4)ccc4c2OCO4)OCO3)c1.O=S(=O)([O-])C(F)(F)F.O=S(=O)([O-])C(F)(F)F.[OH-].[OH-].[Pd+2].[Pd+2]. The first-order valence-electron chi connectivity index (χ1n) is 38.2. The predicted octanol–water partition coefficient (Wildman–Crippen LogP) is 17.3. The first-order valence-corrected chi connectivity index (χ1v) is 46.4. The van der Waals surface area contributed by atoms with E-state index in [1.54, 1.807) is 0 Å². The number of benzene rings is 12. The van der Waals surface area contributed by atoms with Crippen LogP contribution in [0.4, 0.5) is 26.3 Å². The van der Waals surface area contributed by atoms with E-state index in [2.05, 4.69) is 305 Å². The van der Waals surface area contributed by atoms with E-state index in [4.69, 9.17) is 63.8 Å². The summed E-state index contributed by atoms with van der Waals surface area (Å²) in [6, 6.07) is 73.3. The first kappa shape index (κ1) is 99.2. The first-order chi connectivity index (χ1) is 56.5. The smallest absolute Gasteiger partial charge is 0.870 e. The Bertz CT molecular complexity index is 5200. The molecular weight excluding hydrogens is 1900 g/mol. The van der Waals surface area contributed by atoms with Gasteiger partial charge in [0.2, 0.25) is 27.2 Å². The van der Waals surface area contributed by atoms with Crippen LogP contribution in [-0.2, 0) is 61.1 Å². The molecule has 0 aliphatic carbocycles. The predicted molar refractivity (Wildman–Crippen MR) is 474 cm³/mol. The van der Waals surface area contributed by atoms with E-state index in [0.717, 1.165) is 68.2 Å². The Labute approximate surface area is 752 Å². The number of hydrogen-bond acceptors (Lipinski definition) is 16. The van der Waals surface area contributed by atoms with Gasteiger partial charge in [-0.1, -0.05) is 235 Å². The molecule has 2 N–H and O–H groups in total. The molecule has 4 aliphatic heterocycles. The standard InChI is InChI=1S/2C46H44O4P2.2CHF3O3S.2H2O.2Pd/c2*1-27-13-28(2)18-35(17-27)51(36-19-29(3)14-30(4)20-36)41-11-9-39-45(49-25-47-39)43(41)44-42(12-10-40-46(44)50-26-48-40)52(37-21-31(5)15-32(6)22-37)38-23-33(7)16-34(8)24-38;2*2-1(3,4)8(5,6)7;;;;/h2*9-24H,25-26H2,1-8H3;2*(H,5,6,7);2*1H2;;/q;;;;;;2*+2/p-4. The molecule has 4 heterocycles. The van der Waals surface area contributed by atoms with E-state index in [1.165, 1.54) is 153 Å². The molecule has 0 unspecified atom stereocenters. The summed E-state index contributed by atoms with van der Waals surface area (Å²) in [5, 5.41) is 15.2. The summed E-state index contributed by atoms with van der Waals surface area (Å²) in [6.07, 6.45) is 0. The van der Waals surface area contributed by atoms with Crippen molar-refractivity contribution >= 4 is 116 Å². The Balaban J connectivity index is 0.000000232. The molecule has 0 radical (unpaired) electrons. The van der Waals surface area contributed by atoms with E-state index in [0.29, 0.717) is 0 Å². The monoisotopic (exact) mass is 1990 g/mol. The van der Waals surface area contributed by atoms with Crippen LogP contribution in [0.1, 0.15) is 89.0 Å². The third-order valence-corrected chi connectivity index (χ3v) is 30.6. The molecule has 12 aromatic carbocycles. The number of rotatable bonds is 14. The van der Waals surface area contributed by atoms with Gasteiger partial charge in [-0.05, 0) is 255 Å². The molecule has 12 aromatic rings. The van der Waals surface area contributed by atoms with Gasteiger partial charge < -0.3 is 58.0 Å². The molecule has 30 heteroatoms. The third-order valence-electron chi connectivity index (χ3n) is 19.8. The molecule has 0 amide bonds. The van der Waals surface area contributed by atoms with Crippen LogP contribution in [0.3, 0.4) is 0 Å². The summed E-state index contributed by atoms with van der Waals surface area (Å²) in [5.74, 6) is 6.05. The van der Waals surface area contributed by atoms with Gasteiger partial charge >= 0.3 is 51.9 Å². The van der Waals surface area contributed by atoms with Crippen molar-refractivity contribution in [3.05, 3.63) is 283 Å². The average Bonchev–Trinajstić information content (AvgIpc) is 1.28. The van der Waals surface area contributed by atoms with Crippen molar-refractivity contribution < 1.29 is 142 Å². The Morgan fingerprint density at radius 1 is 0.242 bits per heavy atom. The van der Waals surface area contributed by atoms with Crippen molar-refractivity contribution in [2.75, 3.05) is 27.2 Å². The van der Waals surface area contributed by atoms with E-state index >= 15 is 0 Å². The second-order valence-corrected chi connectivity index (χ2v) is 42.2. The van der Waals surface area contributed by atoms with Gasteiger partial charge in [-0.25, -0.2) is 16.8 Å². The average molecular weight is 1990 g/mol. The fourth-order valence-corrected chi connectivity index (χ4v) is 27.3. The maximum absolute atomic E-state index is 10.7. The maximum Gasteiger partial charge on any atom is 2.00 e. The van der Waals surface area contributed by atoms with Gasteiger partial charge in [-0.3, -0.25) is 0 Å². The summed E-state index contributed by atoms with van der Waals surface area (Å²) in [4.78, 5) is 0. The fraction of sp³-hybridized carbons (Fsp3) is 0.234. The minimum atomic E-state index is -6.09. The van der Waals surface area contributed by atoms with Gasteiger partial charge in [0.25, 0.3) is 0 Å². The summed E-state index contributed by atoms with van der Waals surface area (Å²) < 4.78 is 169. The van der Waals surface area contributed by atoms with Gasteiger partial charge in [0.1, 0.15) is 0 Å². The van der Waals surface area contributed by atoms with Crippen molar-refractivity contribution in [1.29, 1.82) is 0 Å². The molecule has 0 aromatic heterocycles. The quantitative estimate of drug-likeness (QED) is 0.0323. The normalized spacial score (nSPS) is 12.7. The Morgan fingerprint density at radius 2 is 0.363 bits per heavy atom. The van der Waals surface area contributed by atoms with Crippen LogP contribution >= 0.6 is 31.7 Å². The molecule has 16 rings (SSSR count). The van der Waals surface area contributed by atoms with Crippen LogP contribution < -0.4 is 102 Å². The van der Waals surface area contributed by atoms with Crippen molar-refractivity contribution in [3.63, 3.8) is 0 Å².